The second-order valence-electron chi connectivity index (χ2n) is 3.04. The van der Waals surface area contributed by atoms with Crippen LogP contribution in [-0.2, 0) is 17.9 Å². The number of rotatable bonds is 4. The van der Waals surface area contributed by atoms with Crippen molar-refractivity contribution in [2.24, 2.45) is 0 Å². The first-order valence-corrected chi connectivity index (χ1v) is 3.93. The molecule has 0 radical (unpaired) electrons. The topological polar surface area (TPSA) is 25.6 Å². The summed E-state index contributed by atoms with van der Waals surface area (Å²) in [5.41, 5.74) is 0. The molecule has 0 aromatic carbocycles. The van der Waals surface area contributed by atoms with E-state index in [4.69, 9.17) is 9.15 Å². The van der Waals surface area contributed by atoms with E-state index >= 15 is 0 Å². The molecule has 0 unspecified atom stereocenters. The van der Waals surface area contributed by atoms with E-state index in [-0.39, 0.29) is 0 Å². The first-order chi connectivity index (χ1) is 5.72. The average Bonchev–Trinajstić information content (AvgIpc) is 2.36. The van der Waals surface area contributed by atoms with Crippen molar-refractivity contribution in [1.29, 1.82) is 0 Å². The van der Waals surface area contributed by atoms with Gasteiger partial charge in [-0.1, -0.05) is 0 Å². The summed E-state index contributed by atoms with van der Waals surface area (Å²) >= 11 is 0. The van der Waals surface area contributed by atoms with Gasteiger partial charge in [0.2, 0.25) is 0 Å². The zero-order valence-electron chi connectivity index (χ0n) is 7.83. The molecule has 0 amide bonds. The summed E-state index contributed by atoms with van der Waals surface area (Å²) in [5, 5.41) is 0. The number of furan rings is 1. The molecule has 1 aromatic heterocycles. The lowest BCUT2D eigenvalue weighted by Crippen LogP contribution is -2.09. The molecular formula is C9H15NO2. The van der Waals surface area contributed by atoms with Crippen LogP contribution in [0.15, 0.2) is 16.5 Å². The molecule has 68 valence electrons. The van der Waals surface area contributed by atoms with E-state index in [9.17, 15) is 0 Å². The van der Waals surface area contributed by atoms with E-state index in [1.165, 1.54) is 0 Å². The summed E-state index contributed by atoms with van der Waals surface area (Å²) in [5.74, 6) is 1.86. The van der Waals surface area contributed by atoms with E-state index in [1.807, 2.05) is 26.2 Å². The molecule has 0 saturated heterocycles. The van der Waals surface area contributed by atoms with Gasteiger partial charge in [0, 0.05) is 7.11 Å². The smallest absolute Gasteiger partial charge is 0.129 e. The summed E-state index contributed by atoms with van der Waals surface area (Å²) < 4.78 is 10.4. The standard InChI is InChI=1S/C9H15NO2/c1-10(2)6-8-4-5-9(12-8)7-11-3/h4-5H,6-7H2,1-3H3. The molecule has 0 saturated carbocycles. The van der Waals surface area contributed by atoms with Gasteiger partial charge in [-0.2, -0.15) is 0 Å². The van der Waals surface area contributed by atoms with Crippen molar-refractivity contribution < 1.29 is 9.15 Å². The molecule has 0 spiro atoms. The van der Waals surface area contributed by atoms with Crippen molar-refractivity contribution in [1.82, 2.24) is 4.90 Å². The third-order valence-corrected chi connectivity index (χ3v) is 1.48. The summed E-state index contributed by atoms with van der Waals surface area (Å²) in [6.45, 7) is 1.39. The van der Waals surface area contributed by atoms with Gasteiger partial charge in [0.15, 0.2) is 0 Å². The van der Waals surface area contributed by atoms with Gasteiger partial charge in [0.05, 0.1) is 6.54 Å². The van der Waals surface area contributed by atoms with Crippen LogP contribution in [0, 0.1) is 0 Å². The van der Waals surface area contributed by atoms with E-state index in [1.54, 1.807) is 7.11 Å². The van der Waals surface area contributed by atoms with Gasteiger partial charge in [-0.25, -0.2) is 0 Å². The van der Waals surface area contributed by atoms with E-state index < -0.39 is 0 Å². The van der Waals surface area contributed by atoms with Crippen molar-refractivity contribution >= 4 is 0 Å². The van der Waals surface area contributed by atoms with Crippen LogP contribution in [0.3, 0.4) is 0 Å². The first-order valence-electron chi connectivity index (χ1n) is 3.93. The Labute approximate surface area is 72.9 Å². The van der Waals surface area contributed by atoms with Crippen LogP contribution < -0.4 is 0 Å². The molecule has 0 fully saturated rings. The van der Waals surface area contributed by atoms with E-state index in [0.29, 0.717) is 6.61 Å². The number of hydrogen-bond acceptors (Lipinski definition) is 3. The zero-order valence-corrected chi connectivity index (χ0v) is 7.83. The maximum atomic E-state index is 5.47. The fourth-order valence-electron chi connectivity index (χ4n) is 1.04. The molecule has 0 bridgehead atoms. The van der Waals surface area contributed by atoms with Crippen LogP contribution in [0.1, 0.15) is 11.5 Å². The van der Waals surface area contributed by atoms with Crippen LogP contribution >= 0.6 is 0 Å². The van der Waals surface area contributed by atoms with Crippen LogP contribution in [0.25, 0.3) is 0 Å². The van der Waals surface area contributed by atoms with E-state index in [0.717, 1.165) is 18.1 Å². The molecular weight excluding hydrogens is 154 g/mol. The number of ether oxygens (including phenoxy) is 1. The summed E-state index contributed by atoms with van der Waals surface area (Å²) in [6, 6.07) is 3.93. The summed E-state index contributed by atoms with van der Waals surface area (Å²) in [7, 11) is 5.69. The lowest BCUT2D eigenvalue weighted by atomic mass is 10.4. The minimum Gasteiger partial charge on any atom is -0.462 e. The second kappa shape index (κ2) is 4.28. The average molecular weight is 169 g/mol. The molecule has 3 nitrogen and oxygen atoms in total. The molecule has 1 aromatic rings. The fourth-order valence-corrected chi connectivity index (χ4v) is 1.04. The Morgan fingerprint density at radius 1 is 1.33 bits per heavy atom. The molecule has 0 atom stereocenters. The lowest BCUT2D eigenvalue weighted by Gasteiger charge is -2.05. The predicted molar refractivity (Wildman–Crippen MR) is 46.8 cm³/mol. The molecule has 0 N–H and O–H groups in total. The first kappa shape index (κ1) is 9.29. The molecule has 0 aliphatic heterocycles. The number of hydrogen-bond donors (Lipinski definition) is 0. The van der Waals surface area contributed by atoms with Gasteiger partial charge in [-0.05, 0) is 26.2 Å². The second-order valence-corrected chi connectivity index (χ2v) is 3.04. The highest BCUT2D eigenvalue weighted by atomic mass is 16.5. The van der Waals surface area contributed by atoms with Crippen LogP contribution in [0.2, 0.25) is 0 Å². The maximum Gasteiger partial charge on any atom is 0.129 e. The van der Waals surface area contributed by atoms with Gasteiger partial charge in [-0.3, -0.25) is 0 Å². The maximum absolute atomic E-state index is 5.47. The molecule has 1 heterocycles. The molecule has 3 heteroatoms. The lowest BCUT2D eigenvalue weighted by molar-refractivity contribution is 0.161. The van der Waals surface area contributed by atoms with Gasteiger partial charge in [0.1, 0.15) is 18.1 Å². The number of nitrogens with zero attached hydrogens (tertiary/aromatic N) is 1. The monoisotopic (exact) mass is 169 g/mol. The van der Waals surface area contributed by atoms with Crippen LogP contribution in [-0.4, -0.2) is 26.1 Å². The van der Waals surface area contributed by atoms with Crippen molar-refractivity contribution in [2.45, 2.75) is 13.2 Å². The fraction of sp³-hybridized carbons (Fsp3) is 0.556. The largest absolute Gasteiger partial charge is 0.462 e. The minimum atomic E-state index is 0.549. The third-order valence-electron chi connectivity index (χ3n) is 1.48. The van der Waals surface area contributed by atoms with Crippen LogP contribution in [0.5, 0.6) is 0 Å². The van der Waals surface area contributed by atoms with E-state index in [2.05, 4.69) is 4.90 Å². The molecule has 12 heavy (non-hydrogen) atoms. The van der Waals surface area contributed by atoms with Gasteiger partial charge in [0.25, 0.3) is 0 Å². The minimum absolute atomic E-state index is 0.549. The van der Waals surface area contributed by atoms with Crippen molar-refractivity contribution in [3.63, 3.8) is 0 Å². The SMILES string of the molecule is COCc1ccc(CN(C)C)o1. The van der Waals surface area contributed by atoms with Crippen molar-refractivity contribution in [3.8, 4) is 0 Å². The quantitative estimate of drug-likeness (QED) is 0.682. The van der Waals surface area contributed by atoms with Crippen molar-refractivity contribution in [3.05, 3.63) is 23.7 Å². The summed E-state index contributed by atoms with van der Waals surface area (Å²) in [4.78, 5) is 2.06. The Balaban J connectivity index is 2.52. The van der Waals surface area contributed by atoms with Crippen LogP contribution in [0.4, 0.5) is 0 Å². The van der Waals surface area contributed by atoms with Gasteiger partial charge >= 0.3 is 0 Å². The van der Waals surface area contributed by atoms with Gasteiger partial charge in [-0.15, -0.1) is 0 Å². The number of methoxy groups -OCH3 is 1. The molecule has 1 rings (SSSR count). The Morgan fingerprint density at radius 2 is 2.00 bits per heavy atom. The van der Waals surface area contributed by atoms with Gasteiger partial charge < -0.3 is 14.1 Å². The van der Waals surface area contributed by atoms with Crippen molar-refractivity contribution in [2.75, 3.05) is 21.2 Å². The highest BCUT2D eigenvalue weighted by Crippen LogP contribution is 2.09. The Kier molecular flexibility index (Phi) is 3.31. The summed E-state index contributed by atoms with van der Waals surface area (Å²) in [6.07, 6.45) is 0. The third kappa shape index (κ3) is 2.68. The Morgan fingerprint density at radius 3 is 2.58 bits per heavy atom. The molecule has 0 aliphatic rings. The normalized spacial score (nSPS) is 11.0. The highest BCUT2D eigenvalue weighted by Gasteiger charge is 2.01. The Bertz CT molecular complexity index is 230. The zero-order chi connectivity index (χ0) is 8.97. The Hall–Kier alpha value is -0.800. The predicted octanol–water partition coefficient (Wildman–Crippen LogP) is 1.49. The molecule has 0 aliphatic carbocycles. The highest BCUT2D eigenvalue weighted by molar-refractivity contribution is 5.06.